The highest BCUT2D eigenvalue weighted by molar-refractivity contribution is 5.47. The van der Waals surface area contributed by atoms with Gasteiger partial charge in [0, 0.05) is 49.0 Å². The van der Waals surface area contributed by atoms with Crippen molar-refractivity contribution in [1.29, 1.82) is 0 Å². The maximum atomic E-state index is 4.74. The van der Waals surface area contributed by atoms with Gasteiger partial charge < -0.3 is 5.32 Å². The van der Waals surface area contributed by atoms with Crippen LogP contribution in [0.15, 0.2) is 49.1 Å². The molecule has 1 aliphatic rings. The molecule has 3 aromatic heterocycles. The first kappa shape index (κ1) is 19.4. The van der Waals surface area contributed by atoms with E-state index in [4.69, 9.17) is 4.98 Å². The van der Waals surface area contributed by atoms with Crippen molar-refractivity contribution in [3.63, 3.8) is 0 Å². The predicted octanol–water partition coefficient (Wildman–Crippen LogP) is 3.42. The third-order valence-electron chi connectivity index (χ3n) is 5.30. The Labute approximate surface area is 171 Å². The Bertz CT molecular complexity index is 891. The van der Waals surface area contributed by atoms with Crippen molar-refractivity contribution in [3.05, 3.63) is 66.1 Å². The largest absolute Gasteiger partial charge is 0.309 e. The minimum absolute atomic E-state index is 0.571. The number of aryl methyl sites for hydroxylation is 1. The Hall–Kier alpha value is -2.93. The molecule has 0 saturated carbocycles. The van der Waals surface area contributed by atoms with E-state index in [2.05, 4.69) is 43.1 Å². The molecule has 1 N–H and O–H groups in total. The lowest BCUT2D eigenvalue weighted by Crippen LogP contribution is -2.34. The topological polar surface area (TPSA) is 79.7 Å². The van der Waals surface area contributed by atoms with E-state index < -0.39 is 0 Å². The maximum Gasteiger partial charge on any atom is 0.228 e. The molecule has 4 heterocycles. The minimum atomic E-state index is 0.571. The summed E-state index contributed by atoms with van der Waals surface area (Å²) < 4.78 is 0. The first-order chi connectivity index (χ1) is 14.3. The van der Waals surface area contributed by atoms with E-state index in [0.29, 0.717) is 11.9 Å². The van der Waals surface area contributed by atoms with Gasteiger partial charge in [0.05, 0.1) is 0 Å². The molecule has 0 radical (unpaired) electrons. The SMILES string of the molecule is CCc1ncc(CN2CCC(Cc3cccc(Nc4ncccn4)n3)CC2)cn1. The van der Waals surface area contributed by atoms with E-state index in [1.54, 1.807) is 18.5 Å². The first-order valence-corrected chi connectivity index (χ1v) is 10.3. The monoisotopic (exact) mass is 389 g/mol. The van der Waals surface area contributed by atoms with Gasteiger partial charge in [-0.1, -0.05) is 13.0 Å². The third kappa shape index (κ3) is 5.54. The van der Waals surface area contributed by atoms with Crippen molar-refractivity contribution >= 4 is 11.8 Å². The van der Waals surface area contributed by atoms with Crippen LogP contribution in [0.4, 0.5) is 11.8 Å². The number of likely N-dealkylation sites (tertiary alicyclic amines) is 1. The zero-order valence-corrected chi connectivity index (χ0v) is 16.8. The molecule has 0 unspecified atom stereocenters. The van der Waals surface area contributed by atoms with E-state index in [0.717, 1.165) is 49.8 Å². The normalized spacial score (nSPS) is 15.3. The van der Waals surface area contributed by atoms with Gasteiger partial charge in [-0.05, 0) is 56.5 Å². The van der Waals surface area contributed by atoms with Crippen molar-refractivity contribution in [2.75, 3.05) is 18.4 Å². The Morgan fingerprint density at radius 3 is 2.48 bits per heavy atom. The Kier molecular flexibility index (Phi) is 6.36. The molecular weight excluding hydrogens is 362 g/mol. The van der Waals surface area contributed by atoms with Gasteiger partial charge >= 0.3 is 0 Å². The Morgan fingerprint density at radius 2 is 1.76 bits per heavy atom. The molecular formula is C22H27N7. The van der Waals surface area contributed by atoms with E-state index in [-0.39, 0.29) is 0 Å². The Balaban J connectivity index is 1.27. The van der Waals surface area contributed by atoms with Crippen LogP contribution in [-0.4, -0.2) is 42.9 Å². The molecule has 1 aliphatic heterocycles. The summed E-state index contributed by atoms with van der Waals surface area (Å²) in [5, 5.41) is 3.17. The zero-order valence-electron chi connectivity index (χ0n) is 16.8. The van der Waals surface area contributed by atoms with E-state index in [1.165, 1.54) is 18.4 Å². The average Bonchev–Trinajstić information content (AvgIpc) is 2.77. The molecule has 4 rings (SSSR count). The average molecular weight is 390 g/mol. The highest BCUT2D eigenvalue weighted by Crippen LogP contribution is 2.23. The minimum Gasteiger partial charge on any atom is -0.309 e. The van der Waals surface area contributed by atoms with Crippen LogP contribution >= 0.6 is 0 Å². The van der Waals surface area contributed by atoms with Crippen molar-refractivity contribution in [2.45, 2.75) is 39.2 Å². The summed E-state index contributed by atoms with van der Waals surface area (Å²) >= 11 is 0. The summed E-state index contributed by atoms with van der Waals surface area (Å²) in [4.78, 5) is 24.5. The lowest BCUT2D eigenvalue weighted by Gasteiger charge is -2.31. The van der Waals surface area contributed by atoms with Crippen LogP contribution in [-0.2, 0) is 19.4 Å². The van der Waals surface area contributed by atoms with Crippen LogP contribution in [0.5, 0.6) is 0 Å². The second kappa shape index (κ2) is 9.52. The summed E-state index contributed by atoms with van der Waals surface area (Å²) in [6.07, 6.45) is 11.6. The van der Waals surface area contributed by atoms with Crippen LogP contribution < -0.4 is 5.32 Å². The van der Waals surface area contributed by atoms with Crippen molar-refractivity contribution in [2.24, 2.45) is 5.92 Å². The van der Waals surface area contributed by atoms with Gasteiger partial charge in [-0.25, -0.2) is 24.9 Å². The molecule has 0 aliphatic carbocycles. The highest BCUT2D eigenvalue weighted by atomic mass is 15.1. The lowest BCUT2D eigenvalue weighted by atomic mass is 9.92. The number of hydrogen-bond acceptors (Lipinski definition) is 7. The van der Waals surface area contributed by atoms with Gasteiger partial charge in [-0.2, -0.15) is 0 Å². The molecule has 1 saturated heterocycles. The predicted molar refractivity (Wildman–Crippen MR) is 113 cm³/mol. The van der Waals surface area contributed by atoms with Crippen LogP contribution in [0.3, 0.4) is 0 Å². The molecule has 150 valence electrons. The molecule has 7 nitrogen and oxygen atoms in total. The summed E-state index contributed by atoms with van der Waals surface area (Å²) in [7, 11) is 0. The van der Waals surface area contributed by atoms with Crippen molar-refractivity contribution in [3.8, 4) is 0 Å². The smallest absolute Gasteiger partial charge is 0.228 e. The number of aromatic nitrogens is 5. The summed E-state index contributed by atoms with van der Waals surface area (Å²) in [6, 6.07) is 7.90. The molecule has 0 amide bonds. The third-order valence-corrected chi connectivity index (χ3v) is 5.30. The van der Waals surface area contributed by atoms with E-state index in [9.17, 15) is 0 Å². The van der Waals surface area contributed by atoms with E-state index >= 15 is 0 Å². The second-order valence-electron chi connectivity index (χ2n) is 7.50. The summed E-state index contributed by atoms with van der Waals surface area (Å²) in [5.41, 5.74) is 2.32. The van der Waals surface area contributed by atoms with Gasteiger partial charge in [0.1, 0.15) is 11.6 Å². The van der Waals surface area contributed by atoms with Crippen molar-refractivity contribution in [1.82, 2.24) is 29.8 Å². The molecule has 0 bridgehead atoms. The van der Waals surface area contributed by atoms with Crippen LogP contribution in [0, 0.1) is 5.92 Å². The fourth-order valence-corrected chi connectivity index (χ4v) is 3.69. The van der Waals surface area contributed by atoms with Crippen molar-refractivity contribution < 1.29 is 0 Å². The number of nitrogens with one attached hydrogen (secondary N) is 1. The van der Waals surface area contributed by atoms with Crippen LogP contribution in [0.2, 0.25) is 0 Å². The number of pyridine rings is 1. The standard InChI is InChI=1S/C22H27N7/c1-2-20-25-14-18(15-26-20)16-29-11-7-17(8-12-29)13-19-5-3-6-21(27-19)28-22-23-9-4-10-24-22/h3-6,9-10,14-15,17H,2,7-8,11-13,16H2,1H3,(H,23,24,27,28). The molecule has 0 atom stereocenters. The number of anilines is 2. The number of nitrogens with zero attached hydrogens (tertiary/aromatic N) is 6. The van der Waals surface area contributed by atoms with Gasteiger partial charge in [0.2, 0.25) is 5.95 Å². The van der Waals surface area contributed by atoms with Gasteiger partial charge in [-0.15, -0.1) is 0 Å². The zero-order chi connectivity index (χ0) is 19.9. The van der Waals surface area contributed by atoms with Gasteiger partial charge in [0.15, 0.2) is 0 Å². The number of hydrogen-bond donors (Lipinski definition) is 1. The van der Waals surface area contributed by atoms with Crippen LogP contribution in [0.1, 0.15) is 36.8 Å². The maximum absolute atomic E-state index is 4.74. The molecule has 0 aromatic carbocycles. The number of piperidine rings is 1. The highest BCUT2D eigenvalue weighted by Gasteiger charge is 2.20. The quantitative estimate of drug-likeness (QED) is 0.663. The fourth-order valence-electron chi connectivity index (χ4n) is 3.69. The van der Waals surface area contributed by atoms with Gasteiger partial charge in [-0.3, -0.25) is 4.90 Å². The molecule has 3 aromatic rings. The number of rotatable bonds is 7. The van der Waals surface area contributed by atoms with Crippen LogP contribution in [0.25, 0.3) is 0 Å². The molecule has 1 fully saturated rings. The van der Waals surface area contributed by atoms with Gasteiger partial charge in [0.25, 0.3) is 0 Å². The first-order valence-electron chi connectivity index (χ1n) is 10.3. The van der Waals surface area contributed by atoms with E-state index in [1.807, 2.05) is 24.5 Å². The fraction of sp³-hybridized carbons (Fsp3) is 0.409. The summed E-state index contributed by atoms with van der Waals surface area (Å²) in [5.74, 6) is 2.94. The summed E-state index contributed by atoms with van der Waals surface area (Å²) in [6.45, 7) is 5.23. The molecule has 0 spiro atoms. The molecule has 29 heavy (non-hydrogen) atoms. The Morgan fingerprint density at radius 1 is 1.00 bits per heavy atom. The molecule has 7 heteroatoms. The second-order valence-corrected chi connectivity index (χ2v) is 7.50. The lowest BCUT2D eigenvalue weighted by molar-refractivity contribution is 0.176.